The summed E-state index contributed by atoms with van der Waals surface area (Å²) in [7, 11) is 1.53. The second-order valence-electron chi connectivity index (χ2n) is 6.07. The Morgan fingerprint density at radius 1 is 1.11 bits per heavy atom. The monoisotopic (exact) mass is 375 g/mol. The number of fused-ring (bicyclic) bond motifs is 2. The number of nitrogens with zero attached hydrogens (tertiary/aromatic N) is 2. The first kappa shape index (κ1) is 17.5. The number of carbonyl (C=O) groups excluding carboxylic acids is 2. The lowest BCUT2D eigenvalue weighted by Gasteiger charge is -2.21. The standard InChI is InChI=1S/C21H17N3O4/c1-27-17-10-4-2-8-15(17)23-19(25)13-24-16-9-3-5-11-18(16)28-20-14(21(24)26)7-6-12-22-20/h2-12H,13H2,1H3,(H,23,25). The summed E-state index contributed by atoms with van der Waals surface area (Å²) >= 11 is 0. The Morgan fingerprint density at radius 3 is 2.75 bits per heavy atom. The number of nitrogens with one attached hydrogen (secondary N) is 1. The summed E-state index contributed by atoms with van der Waals surface area (Å²) < 4.78 is 11.1. The number of ether oxygens (including phenoxy) is 2. The van der Waals surface area contributed by atoms with Crippen molar-refractivity contribution >= 4 is 23.2 Å². The van der Waals surface area contributed by atoms with Gasteiger partial charge in [-0.3, -0.25) is 14.5 Å². The van der Waals surface area contributed by atoms with E-state index in [4.69, 9.17) is 9.47 Å². The summed E-state index contributed by atoms with van der Waals surface area (Å²) in [5.74, 6) is 0.491. The van der Waals surface area contributed by atoms with Gasteiger partial charge in [-0.15, -0.1) is 0 Å². The van der Waals surface area contributed by atoms with E-state index < -0.39 is 0 Å². The summed E-state index contributed by atoms with van der Waals surface area (Å²) in [4.78, 5) is 31.4. The number of amides is 2. The highest BCUT2D eigenvalue weighted by Gasteiger charge is 2.30. The molecule has 0 unspecified atom stereocenters. The van der Waals surface area contributed by atoms with Crippen LogP contribution < -0.4 is 19.7 Å². The highest BCUT2D eigenvalue weighted by molar-refractivity contribution is 6.12. The van der Waals surface area contributed by atoms with Gasteiger partial charge < -0.3 is 14.8 Å². The Hall–Kier alpha value is -3.87. The fourth-order valence-corrected chi connectivity index (χ4v) is 3.00. The number of pyridine rings is 1. The molecule has 1 aromatic heterocycles. The minimum atomic E-state index is -0.361. The maximum Gasteiger partial charge on any atom is 0.264 e. The van der Waals surface area contributed by atoms with Crippen LogP contribution >= 0.6 is 0 Å². The minimum Gasteiger partial charge on any atom is -0.495 e. The molecule has 2 amide bonds. The van der Waals surface area contributed by atoms with E-state index in [9.17, 15) is 9.59 Å². The van der Waals surface area contributed by atoms with Gasteiger partial charge >= 0.3 is 0 Å². The molecule has 0 radical (unpaired) electrons. The third-order valence-corrected chi connectivity index (χ3v) is 4.29. The smallest absolute Gasteiger partial charge is 0.264 e. The van der Waals surface area contributed by atoms with Crippen LogP contribution in [-0.4, -0.2) is 30.5 Å². The zero-order chi connectivity index (χ0) is 19.5. The maximum absolute atomic E-state index is 13.1. The van der Waals surface area contributed by atoms with Crippen molar-refractivity contribution in [3.8, 4) is 17.4 Å². The molecule has 0 aliphatic carbocycles. The van der Waals surface area contributed by atoms with Gasteiger partial charge in [0.25, 0.3) is 5.91 Å². The van der Waals surface area contributed by atoms with E-state index in [1.165, 1.54) is 12.0 Å². The summed E-state index contributed by atoms with van der Waals surface area (Å²) in [5, 5.41) is 2.79. The predicted molar refractivity (Wildman–Crippen MR) is 104 cm³/mol. The quantitative estimate of drug-likeness (QED) is 0.755. The Morgan fingerprint density at radius 2 is 1.89 bits per heavy atom. The van der Waals surface area contributed by atoms with Gasteiger partial charge in [0.1, 0.15) is 17.9 Å². The molecule has 3 aromatic rings. The molecule has 1 aliphatic rings. The first-order valence-electron chi connectivity index (χ1n) is 8.64. The number of methoxy groups -OCH3 is 1. The fourth-order valence-electron chi connectivity index (χ4n) is 3.00. The van der Waals surface area contributed by atoms with Crippen LogP contribution in [0.3, 0.4) is 0 Å². The molecule has 7 nitrogen and oxygen atoms in total. The average Bonchev–Trinajstić information content (AvgIpc) is 2.83. The van der Waals surface area contributed by atoms with Gasteiger partial charge in [-0.1, -0.05) is 24.3 Å². The normalized spacial score (nSPS) is 12.3. The van der Waals surface area contributed by atoms with Crippen LogP contribution in [-0.2, 0) is 4.79 Å². The number of anilines is 2. The summed E-state index contributed by atoms with van der Waals surface area (Å²) in [6, 6.07) is 17.4. The van der Waals surface area contributed by atoms with E-state index in [2.05, 4.69) is 10.3 Å². The molecule has 0 saturated heterocycles. The lowest BCUT2D eigenvalue weighted by molar-refractivity contribution is -0.114. The van der Waals surface area contributed by atoms with Crippen molar-refractivity contribution in [3.63, 3.8) is 0 Å². The number of carbonyl (C=O) groups is 2. The third-order valence-electron chi connectivity index (χ3n) is 4.29. The van der Waals surface area contributed by atoms with E-state index >= 15 is 0 Å². The fraction of sp³-hybridized carbons (Fsp3) is 0.0952. The number of para-hydroxylation sites is 4. The van der Waals surface area contributed by atoms with Gasteiger partial charge in [0, 0.05) is 6.20 Å². The van der Waals surface area contributed by atoms with Crippen molar-refractivity contribution in [2.75, 3.05) is 23.9 Å². The number of rotatable bonds is 4. The molecule has 7 heteroatoms. The van der Waals surface area contributed by atoms with Crippen LogP contribution in [0.15, 0.2) is 66.9 Å². The van der Waals surface area contributed by atoms with Crippen molar-refractivity contribution in [1.29, 1.82) is 0 Å². The van der Waals surface area contributed by atoms with E-state index in [0.717, 1.165) is 0 Å². The summed E-state index contributed by atoms with van der Waals surface area (Å²) in [5.41, 5.74) is 1.33. The van der Waals surface area contributed by atoms with E-state index in [1.807, 2.05) is 6.07 Å². The molecule has 4 rings (SSSR count). The molecule has 0 saturated carbocycles. The van der Waals surface area contributed by atoms with Gasteiger partial charge in [-0.25, -0.2) is 4.98 Å². The SMILES string of the molecule is COc1ccccc1NC(=O)CN1C(=O)c2cccnc2Oc2ccccc21. The minimum absolute atomic E-state index is 0.189. The molecule has 1 N–H and O–H groups in total. The Labute approximate surface area is 161 Å². The first-order valence-corrected chi connectivity index (χ1v) is 8.64. The Kier molecular flexibility index (Phi) is 4.63. The van der Waals surface area contributed by atoms with Crippen molar-refractivity contribution in [2.24, 2.45) is 0 Å². The largest absolute Gasteiger partial charge is 0.495 e. The van der Waals surface area contributed by atoms with Crippen LogP contribution in [0.25, 0.3) is 0 Å². The average molecular weight is 375 g/mol. The van der Waals surface area contributed by atoms with Crippen molar-refractivity contribution in [2.45, 2.75) is 0 Å². The highest BCUT2D eigenvalue weighted by Crippen LogP contribution is 2.37. The molecule has 140 valence electrons. The Bertz CT molecular complexity index is 1050. The van der Waals surface area contributed by atoms with Gasteiger partial charge in [0.05, 0.1) is 18.5 Å². The zero-order valence-corrected chi connectivity index (χ0v) is 15.1. The van der Waals surface area contributed by atoms with Crippen molar-refractivity contribution in [3.05, 3.63) is 72.4 Å². The lowest BCUT2D eigenvalue weighted by Crippen LogP contribution is -2.37. The van der Waals surface area contributed by atoms with Crippen molar-refractivity contribution in [1.82, 2.24) is 4.98 Å². The molecule has 28 heavy (non-hydrogen) atoms. The molecule has 0 spiro atoms. The number of hydrogen-bond donors (Lipinski definition) is 1. The molecular formula is C21H17N3O4. The molecular weight excluding hydrogens is 358 g/mol. The van der Waals surface area contributed by atoms with Gasteiger partial charge in [-0.05, 0) is 36.4 Å². The summed E-state index contributed by atoms with van der Waals surface area (Å²) in [6.07, 6.45) is 1.55. The number of aromatic nitrogens is 1. The third kappa shape index (κ3) is 3.25. The van der Waals surface area contributed by atoms with Gasteiger partial charge in [-0.2, -0.15) is 0 Å². The lowest BCUT2D eigenvalue weighted by atomic mass is 10.2. The number of hydrogen-bond acceptors (Lipinski definition) is 5. The van der Waals surface area contributed by atoms with E-state index in [1.54, 1.807) is 60.8 Å². The van der Waals surface area contributed by atoms with Crippen LogP contribution in [0, 0.1) is 0 Å². The van der Waals surface area contributed by atoms with E-state index in [0.29, 0.717) is 28.4 Å². The van der Waals surface area contributed by atoms with Crippen LogP contribution in [0.2, 0.25) is 0 Å². The van der Waals surface area contributed by atoms with Gasteiger partial charge in [0.2, 0.25) is 11.8 Å². The topological polar surface area (TPSA) is 80.8 Å². The molecule has 0 fully saturated rings. The second-order valence-corrected chi connectivity index (χ2v) is 6.07. The molecule has 0 atom stereocenters. The summed E-state index contributed by atoms with van der Waals surface area (Å²) in [6.45, 7) is -0.189. The van der Waals surface area contributed by atoms with Crippen LogP contribution in [0.1, 0.15) is 10.4 Å². The van der Waals surface area contributed by atoms with Crippen LogP contribution in [0.5, 0.6) is 17.4 Å². The number of benzene rings is 2. The second kappa shape index (κ2) is 7.40. The molecule has 2 heterocycles. The zero-order valence-electron chi connectivity index (χ0n) is 15.1. The highest BCUT2D eigenvalue weighted by atomic mass is 16.5. The first-order chi connectivity index (χ1) is 13.7. The molecule has 0 bridgehead atoms. The molecule has 1 aliphatic heterocycles. The predicted octanol–water partition coefficient (Wildman–Crippen LogP) is 3.48. The Balaban J connectivity index is 1.66. The molecule has 2 aromatic carbocycles. The van der Waals surface area contributed by atoms with Crippen molar-refractivity contribution < 1.29 is 19.1 Å². The van der Waals surface area contributed by atoms with Gasteiger partial charge in [0.15, 0.2) is 5.75 Å². The van der Waals surface area contributed by atoms with E-state index in [-0.39, 0.29) is 24.2 Å². The van der Waals surface area contributed by atoms with Crippen LogP contribution in [0.4, 0.5) is 11.4 Å². The maximum atomic E-state index is 13.1.